The highest BCUT2D eigenvalue weighted by atomic mass is 35.5. The molecule has 1 heterocycles. The van der Waals surface area contributed by atoms with Gasteiger partial charge in [0, 0.05) is 12.1 Å². The number of hydrogen-bond donors (Lipinski definition) is 2. The van der Waals surface area contributed by atoms with E-state index in [1.807, 2.05) is 0 Å². The third kappa shape index (κ3) is 12.6. The molecule has 0 radical (unpaired) electrons. The number of hydrazine groups is 1. The molecule has 1 saturated heterocycles. The number of nitrogens with zero attached hydrogens (tertiary/aromatic N) is 4. The minimum absolute atomic E-state index is 0.0778. The number of rotatable bonds is 21. The second-order valence-corrected chi connectivity index (χ2v) is 14.4. The number of unbranched alkanes of at least 4 members (excludes halogenated alkanes) is 13. The Balaban J connectivity index is 1.34. The van der Waals surface area contributed by atoms with Gasteiger partial charge in [-0.25, -0.2) is 14.8 Å². The van der Waals surface area contributed by atoms with Crippen LogP contribution < -0.4 is 15.2 Å². The van der Waals surface area contributed by atoms with E-state index < -0.39 is 17.9 Å². The average Bonchev–Trinajstić information content (AvgIpc) is 3.43. The highest BCUT2D eigenvalue weighted by molar-refractivity contribution is 6.41. The summed E-state index contributed by atoms with van der Waals surface area (Å²) in [5.41, 5.74) is 4.79. The summed E-state index contributed by atoms with van der Waals surface area (Å²) in [6, 6.07) is 11.0. The summed E-state index contributed by atoms with van der Waals surface area (Å²) in [4.78, 5) is 31.2. The van der Waals surface area contributed by atoms with E-state index in [9.17, 15) is 14.7 Å². The van der Waals surface area contributed by atoms with E-state index in [2.05, 4.69) is 27.6 Å². The maximum absolute atomic E-state index is 13.8. The number of phenols is 1. The Labute approximate surface area is 327 Å². The molecule has 13 heteroatoms. The lowest BCUT2D eigenvalue weighted by molar-refractivity contribution is -0.117. The van der Waals surface area contributed by atoms with Crippen LogP contribution in [0.5, 0.6) is 11.5 Å². The van der Waals surface area contributed by atoms with E-state index >= 15 is 0 Å². The number of amidine groups is 1. The van der Waals surface area contributed by atoms with Crippen molar-refractivity contribution in [1.82, 2.24) is 5.43 Å². The lowest BCUT2D eigenvalue weighted by Crippen LogP contribution is -2.36. The van der Waals surface area contributed by atoms with Crippen LogP contribution in [0.1, 0.15) is 113 Å². The van der Waals surface area contributed by atoms with Crippen LogP contribution >= 0.6 is 34.8 Å². The molecular weight excluding hydrogens is 737 g/mol. The Kier molecular flexibility index (Phi) is 17.2. The van der Waals surface area contributed by atoms with Crippen molar-refractivity contribution in [3.05, 3.63) is 74.7 Å². The standard InChI is InChI=1S/C40H50Cl3N5O5/c1-4-5-6-7-8-9-10-11-12-13-14-15-16-17-22-53-40(51)28-18-20-35(31(41)24-28)44-38-36(46-45-34-21-19-29(49)23-27(34)2)39(50)48(47-38)37-32(42)25-30(52-3)26-33(37)43/h18-21,23-26,36,49H,4-17,22H2,1-3H3,(H,44,47). The third-order valence-corrected chi connectivity index (χ3v) is 9.88. The lowest BCUT2D eigenvalue weighted by Gasteiger charge is -2.19. The van der Waals surface area contributed by atoms with Crippen molar-refractivity contribution in [3.8, 4) is 11.5 Å². The number of hydrogen-bond acceptors (Lipinski definition) is 8. The third-order valence-electron chi connectivity index (χ3n) is 9.01. The largest absolute Gasteiger partial charge is 0.508 e. The highest BCUT2D eigenvalue weighted by Crippen LogP contribution is 2.39. The summed E-state index contributed by atoms with van der Waals surface area (Å²) in [7, 11) is 1.48. The quantitative estimate of drug-likeness (QED) is 0.0629. The predicted octanol–water partition coefficient (Wildman–Crippen LogP) is 12.0. The van der Waals surface area contributed by atoms with Crippen LogP contribution in [0.3, 0.4) is 0 Å². The molecule has 3 aromatic carbocycles. The van der Waals surface area contributed by atoms with Crippen LogP contribution in [-0.4, -0.2) is 42.6 Å². The molecule has 1 atom stereocenters. The van der Waals surface area contributed by atoms with Crippen LogP contribution in [0.25, 0.3) is 0 Å². The molecule has 1 aliphatic heterocycles. The first kappa shape index (κ1) is 41.9. The average molecular weight is 787 g/mol. The van der Waals surface area contributed by atoms with E-state index in [0.717, 1.165) is 24.3 Å². The number of carbonyl (C=O) groups excluding carboxylic acids is 2. The Hall–Kier alpha value is -3.86. The van der Waals surface area contributed by atoms with Crippen LogP contribution in [0, 0.1) is 6.92 Å². The number of methoxy groups -OCH3 is 1. The molecule has 4 rings (SSSR count). The van der Waals surface area contributed by atoms with Gasteiger partial charge in [-0.3, -0.25) is 10.2 Å². The zero-order valence-corrected chi connectivity index (χ0v) is 33.1. The highest BCUT2D eigenvalue weighted by Gasteiger charge is 2.41. The topological polar surface area (TPSA) is 125 Å². The summed E-state index contributed by atoms with van der Waals surface area (Å²) in [5.74, 6) is -0.450. The molecule has 0 saturated carbocycles. The minimum Gasteiger partial charge on any atom is -0.508 e. The first-order valence-electron chi connectivity index (χ1n) is 18.5. The molecule has 0 bridgehead atoms. The molecule has 1 fully saturated rings. The second kappa shape index (κ2) is 21.7. The molecule has 10 nitrogen and oxygen atoms in total. The molecular formula is C40H50Cl3N5O5. The number of phenolic OH excluding ortho intramolecular Hbond substituents is 1. The summed E-state index contributed by atoms with van der Waals surface area (Å²) in [6.07, 6.45) is 17.6. The van der Waals surface area contributed by atoms with E-state index in [1.165, 1.54) is 108 Å². The fourth-order valence-electron chi connectivity index (χ4n) is 5.97. The van der Waals surface area contributed by atoms with Crippen molar-refractivity contribution < 1.29 is 24.2 Å². The number of azo groups is 1. The summed E-state index contributed by atoms with van der Waals surface area (Å²) < 4.78 is 10.8. The fourth-order valence-corrected chi connectivity index (χ4v) is 6.83. The van der Waals surface area contributed by atoms with Gasteiger partial charge in [-0.2, -0.15) is 10.2 Å². The summed E-state index contributed by atoms with van der Waals surface area (Å²) in [5, 5.41) is 20.0. The molecule has 0 aromatic heterocycles. The Bertz CT molecular complexity index is 1730. The van der Waals surface area contributed by atoms with Gasteiger partial charge in [0.25, 0.3) is 5.91 Å². The molecule has 1 aliphatic rings. The van der Waals surface area contributed by atoms with Gasteiger partial charge in [-0.15, -0.1) is 0 Å². The van der Waals surface area contributed by atoms with E-state index in [-0.39, 0.29) is 43.6 Å². The van der Waals surface area contributed by atoms with Gasteiger partial charge in [0.1, 0.15) is 17.2 Å². The van der Waals surface area contributed by atoms with Crippen molar-refractivity contribution in [2.45, 2.75) is 110 Å². The van der Waals surface area contributed by atoms with Gasteiger partial charge in [0.05, 0.1) is 45.7 Å². The number of halogens is 3. The number of aromatic hydroxyl groups is 1. The van der Waals surface area contributed by atoms with Gasteiger partial charge in [-0.05, 0) is 55.3 Å². The number of ether oxygens (including phenoxy) is 2. The number of aryl methyl sites for hydroxylation is 1. The van der Waals surface area contributed by atoms with Crippen molar-refractivity contribution in [1.29, 1.82) is 0 Å². The van der Waals surface area contributed by atoms with E-state index in [0.29, 0.717) is 23.6 Å². The maximum atomic E-state index is 13.8. The van der Waals surface area contributed by atoms with E-state index in [1.54, 1.807) is 25.1 Å². The minimum atomic E-state index is -1.23. The number of benzene rings is 3. The SMILES string of the molecule is CCCCCCCCCCCCCCCCOC(=O)c1ccc(N=C2NN(c3c(Cl)cc(OC)cc3Cl)C(=O)C2N=Nc2ccc(O)cc2C)c(Cl)c1. The van der Waals surface area contributed by atoms with Gasteiger partial charge in [-0.1, -0.05) is 125 Å². The smallest absolute Gasteiger partial charge is 0.338 e. The van der Waals surface area contributed by atoms with Crippen LogP contribution in [0.15, 0.2) is 63.8 Å². The van der Waals surface area contributed by atoms with Gasteiger partial charge >= 0.3 is 5.97 Å². The number of aliphatic imine (C=N–C) groups is 1. The van der Waals surface area contributed by atoms with Crippen molar-refractivity contribution >= 4 is 69.6 Å². The van der Waals surface area contributed by atoms with E-state index in [4.69, 9.17) is 44.3 Å². The Morgan fingerprint density at radius 2 is 1.40 bits per heavy atom. The second-order valence-electron chi connectivity index (χ2n) is 13.2. The fraction of sp³-hybridized carbons (Fsp3) is 0.475. The van der Waals surface area contributed by atoms with Crippen molar-refractivity contribution in [3.63, 3.8) is 0 Å². The van der Waals surface area contributed by atoms with Crippen molar-refractivity contribution in [2.75, 3.05) is 18.7 Å². The molecule has 0 spiro atoms. The first-order chi connectivity index (χ1) is 25.6. The van der Waals surface area contributed by atoms with Gasteiger partial charge in [0.2, 0.25) is 6.04 Å². The molecule has 53 heavy (non-hydrogen) atoms. The number of carbonyl (C=O) groups is 2. The van der Waals surface area contributed by atoms with Gasteiger partial charge in [0.15, 0.2) is 5.84 Å². The number of esters is 1. The molecule has 1 unspecified atom stereocenters. The predicted molar refractivity (Wildman–Crippen MR) is 214 cm³/mol. The maximum Gasteiger partial charge on any atom is 0.338 e. The first-order valence-corrected chi connectivity index (χ1v) is 19.7. The normalized spacial score (nSPS) is 15.1. The molecule has 1 amide bonds. The Morgan fingerprint density at radius 1 is 0.811 bits per heavy atom. The monoisotopic (exact) mass is 785 g/mol. The Morgan fingerprint density at radius 3 is 1.96 bits per heavy atom. The number of amides is 1. The summed E-state index contributed by atoms with van der Waals surface area (Å²) in [6.45, 7) is 4.35. The van der Waals surface area contributed by atoms with Crippen LogP contribution in [0.2, 0.25) is 15.1 Å². The molecule has 2 N–H and O–H groups in total. The number of nitrogens with one attached hydrogen (secondary N) is 1. The number of anilines is 1. The zero-order chi connectivity index (χ0) is 38.2. The zero-order valence-electron chi connectivity index (χ0n) is 30.8. The molecule has 286 valence electrons. The summed E-state index contributed by atoms with van der Waals surface area (Å²) >= 11 is 19.6. The van der Waals surface area contributed by atoms with Crippen LogP contribution in [-0.2, 0) is 9.53 Å². The molecule has 3 aromatic rings. The van der Waals surface area contributed by atoms with Crippen molar-refractivity contribution in [2.24, 2.45) is 15.2 Å². The van der Waals surface area contributed by atoms with Crippen LogP contribution in [0.4, 0.5) is 17.1 Å². The molecule has 0 aliphatic carbocycles. The lowest BCUT2D eigenvalue weighted by atomic mass is 10.0. The van der Waals surface area contributed by atoms with Gasteiger partial charge < -0.3 is 14.6 Å².